The number of nitrogens with one attached hydrogen (secondary N) is 3. The Bertz CT molecular complexity index is 796. The van der Waals surface area contributed by atoms with Crippen LogP contribution in [-0.2, 0) is 4.79 Å². The molecule has 0 bridgehead atoms. The summed E-state index contributed by atoms with van der Waals surface area (Å²) in [6.07, 6.45) is 1.27. The molecular weight excluding hydrogens is 395 g/mol. The van der Waals surface area contributed by atoms with Gasteiger partial charge in [0.05, 0.1) is 6.21 Å². The first kappa shape index (κ1) is 18.4. The monoisotopic (exact) mass is 408 g/mol. The second-order valence-corrected chi connectivity index (χ2v) is 5.73. The summed E-state index contributed by atoms with van der Waals surface area (Å²) in [5.41, 5.74) is 3.02. The van der Waals surface area contributed by atoms with Crippen molar-refractivity contribution in [2.75, 3.05) is 11.9 Å². The number of carbonyl (C=O) groups excluding carboxylic acids is 2. The molecule has 0 aliphatic heterocycles. The van der Waals surface area contributed by atoms with Gasteiger partial charge in [-0.1, -0.05) is 15.9 Å². The van der Waals surface area contributed by atoms with Gasteiger partial charge in [-0.3, -0.25) is 4.79 Å². The number of aromatic hydroxyl groups is 1. The van der Waals surface area contributed by atoms with Crippen molar-refractivity contribution < 1.29 is 19.1 Å². The first-order chi connectivity index (χ1) is 11.9. The summed E-state index contributed by atoms with van der Waals surface area (Å²) < 4.78 is 13.5. The van der Waals surface area contributed by atoms with Gasteiger partial charge < -0.3 is 15.7 Å². The van der Waals surface area contributed by atoms with E-state index in [1.807, 2.05) is 0 Å². The highest BCUT2D eigenvalue weighted by Gasteiger charge is 2.05. The molecule has 0 atom stereocenters. The van der Waals surface area contributed by atoms with E-state index in [0.717, 1.165) is 4.47 Å². The van der Waals surface area contributed by atoms with Crippen LogP contribution in [-0.4, -0.2) is 29.8 Å². The van der Waals surface area contributed by atoms with Gasteiger partial charge >= 0.3 is 6.03 Å². The first-order valence-electron chi connectivity index (χ1n) is 7.05. The Morgan fingerprint density at radius 3 is 2.64 bits per heavy atom. The van der Waals surface area contributed by atoms with E-state index >= 15 is 0 Å². The fourth-order valence-electron chi connectivity index (χ4n) is 1.71. The summed E-state index contributed by atoms with van der Waals surface area (Å²) >= 11 is 3.25. The van der Waals surface area contributed by atoms with Gasteiger partial charge in [0.2, 0.25) is 0 Å². The zero-order valence-corrected chi connectivity index (χ0v) is 14.4. The molecule has 0 saturated carbocycles. The number of amides is 3. The topological polar surface area (TPSA) is 103 Å². The average molecular weight is 409 g/mol. The third-order valence-electron chi connectivity index (χ3n) is 2.89. The van der Waals surface area contributed by atoms with Crippen molar-refractivity contribution >= 4 is 39.8 Å². The van der Waals surface area contributed by atoms with Crippen molar-refractivity contribution in [1.82, 2.24) is 10.7 Å². The quantitative estimate of drug-likeness (QED) is 0.451. The predicted octanol–water partition coefficient (Wildman–Crippen LogP) is 2.57. The number of phenolic OH excluding ortho intramolecular Hbond substituents is 1. The Kier molecular flexibility index (Phi) is 6.47. The molecule has 0 spiro atoms. The van der Waals surface area contributed by atoms with Crippen LogP contribution in [0, 0.1) is 5.82 Å². The van der Waals surface area contributed by atoms with Crippen molar-refractivity contribution in [2.24, 2.45) is 5.10 Å². The van der Waals surface area contributed by atoms with E-state index in [0.29, 0.717) is 11.3 Å². The van der Waals surface area contributed by atoms with Gasteiger partial charge in [-0.25, -0.2) is 14.6 Å². The lowest BCUT2D eigenvalue weighted by atomic mass is 10.2. The summed E-state index contributed by atoms with van der Waals surface area (Å²) in [7, 11) is 0. The minimum atomic E-state index is -0.615. The molecule has 7 nitrogen and oxygen atoms in total. The van der Waals surface area contributed by atoms with Crippen molar-refractivity contribution in [3.8, 4) is 5.75 Å². The Labute approximate surface area is 151 Å². The number of nitrogens with zero attached hydrogens (tertiary/aromatic N) is 1. The van der Waals surface area contributed by atoms with Gasteiger partial charge in [0.1, 0.15) is 18.1 Å². The molecule has 3 amide bonds. The molecule has 2 rings (SSSR count). The molecule has 0 aliphatic rings. The summed E-state index contributed by atoms with van der Waals surface area (Å²) in [5.74, 6) is -0.960. The summed E-state index contributed by atoms with van der Waals surface area (Å²) in [6.45, 7) is -0.311. The highest BCUT2D eigenvalue weighted by atomic mass is 79.9. The minimum Gasteiger partial charge on any atom is -0.507 e. The van der Waals surface area contributed by atoms with Crippen molar-refractivity contribution in [3.05, 3.63) is 58.3 Å². The standard InChI is InChI=1S/C16H14BrFN4O3/c17-11-1-6-14(23)10(7-11)8-20-22-15(24)9-19-16(25)21-13-4-2-12(18)3-5-13/h1-8,23H,9H2,(H,22,24)(H2,19,21,25). The molecule has 4 N–H and O–H groups in total. The van der Waals surface area contributed by atoms with E-state index in [-0.39, 0.29) is 12.3 Å². The number of hydrogen-bond acceptors (Lipinski definition) is 4. The van der Waals surface area contributed by atoms with Gasteiger partial charge in [-0.2, -0.15) is 5.10 Å². The lowest BCUT2D eigenvalue weighted by molar-refractivity contribution is -0.120. The fourth-order valence-corrected chi connectivity index (χ4v) is 2.09. The zero-order chi connectivity index (χ0) is 18.2. The maximum atomic E-state index is 12.8. The van der Waals surface area contributed by atoms with Gasteiger partial charge in [0.15, 0.2) is 0 Å². The van der Waals surface area contributed by atoms with Crippen LogP contribution in [0.5, 0.6) is 5.75 Å². The van der Waals surface area contributed by atoms with Gasteiger partial charge in [-0.15, -0.1) is 0 Å². The fraction of sp³-hybridized carbons (Fsp3) is 0.0625. The number of hydrazone groups is 1. The largest absolute Gasteiger partial charge is 0.507 e. The molecule has 2 aromatic rings. The number of phenols is 1. The normalized spacial score (nSPS) is 10.5. The second-order valence-electron chi connectivity index (χ2n) is 4.81. The highest BCUT2D eigenvalue weighted by Crippen LogP contribution is 2.19. The average Bonchev–Trinajstić information content (AvgIpc) is 2.58. The van der Waals surface area contributed by atoms with Crippen LogP contribution in [0.15, 0.2) is 52.0 Å². The first-order valence-corrected chi connectivity index (χ1v) is 7.84. The molecule has 25 heavy (non-hydrogen) atoms. The van der Waals surface area contributed by atoms with E-state index in [1.165, 1.54) is 36.5 Å². The Hall–Kier alpha value is -2.94. The highest BCUT2D eigenvalue weighted by molar-refractivity contribution is 9.10. The number of carbonyl (C=O) groups is 2. The van der Waals surface area contributed by atoms with E-state index in [1.54, 1.807) is 12.1 Å². The number of halogens is 2. The molecule has 0 unspecified atom stereocenters. The van der Waals surface area contributed by atoms with Crippen LogP contribution in [0.4, 0.5) is 14.9 Å². The number of anilines is 1. The van der Waals surface area contributed by atoms with Gasteiger partial charge in [0, 0.05) is 15.7 Å². The Morgan fingerprint density at radius 1 is 1.20 bits per heavy atom. The van der Waals surface area contributed by atoms with E-state index in [2.05, 4.69) is 37.1 Å². The molecule has 0 radical (unpaired) electrons. The van der Waals surface area contributed by atoms with Crippen LogP contribution in [0.1, 0.15) is 5.56 Å². The van der Waals surface area contributed by atoms with Crippen LogP contribution < -0.4 is 16.1 Å². The molecule has 130 valence electrons. The Balaban J connectivity index is 1.76. The summed E-state index contributed by atoms with van der Waals surface area (Å²) in [5, 5.41) is 18.1. The van der Waals surface area contributed by atoms with E-state index in [4.69, 9.17) is 0 Å². The van der Waals surface area contributed by atoms with Crippen LogP contribution >= 0.6 is 15.9 Å². The van der Waals surface area contributed by atoms with Gasteiger partial charge in [0.25, 0.3) is 5.91 Å². The predicted molar refractivity (Wildman–Crippen MR) is 95.0 cm³/mol. The van der Waals surface area contributed by atoms with Crippen LogP contribution in [0.25, 0.3) is 0 Å². The minimum absolute atomic E-state index is 0.0120. The smallest absolute Gasteiger partial charge is 0.319 e. The molecule has 0 heterocycles. The van der Waals surface area contributed by atoms with E-state index in [9.17, 15) is 19.1 Å². The van der Waals surface area contributed by atoms with Crippen molar-refractivity contribution in [3.63, 3.8) is 0 Å². The molecular formula is C16H14BrFN4O3. The third kappa shape index (κ3) is 6.22. The lowest BCUT2D eigenvalue weighted by Crippen LogP contribution is -2.37. The van der Waals surface area contributed by atoms with Crippen molar-refractivity contribution in [1.29, 1.82) is 0 Å². The SMILES string of the molecule is O=C(CNC(=O)Nc1ccc(F)cc1)NN=Cc1cc(Br)ccc1O. The maximum Gasteiger partial charge on any atom is 0.319 e. The molecule has 0 aromatic heterocycles. The number of urea groups is 1. The number of rotatable bonds is 5. The van der Waals surface area contributed by atoms with E-state index < -0.39 is 17.8 Å². The molecule has 0 fully saturated rings. The molecule has 0 saturated heterocycles. The second kappa shape index (κ2) is 8.78. The lowest BCUT2D eigenvalue weighted by Gasteiger charge is -2.06. The Morgan fingerprint density at radius 2 is 1.92 bits per heavy atom. The zero-order valence-electron chi connectivity index (χ0n) is 12.8. The molecule has 2 aromatic carbocycles. The summed E-state index contributed by atoms with van der Waals surface area (Å²) in [4.78, 5) is 23.2. The third-order valence-corrected chi connectivity index (χ3v) is 3.39. The number of hydrogen-bond donors (Lipinski definition) is 4. The summed E-state index contributed by atoms with van der Waals surface area (Å²) in [6, 6.07) is 9.34. The molecule has 0 aliphatic carbocycles. The van der Waals surface area contributed by atoms with Gasteiger partial charge in [-0.05, 0) is 42.5 Å². The van der Waals surface area contributed by atoms with Crippen molar-refractivity contribution in [2.45, 2.75) is 0 Å². The van der Waals surface area contributed by atoms with Crippen LogP contribution in [0.2, 0.25) is 0 Å². The molecule has 9 heteroatoms. The van der Waals surface area contributed by atoms with Crippen LogP contribution in [0.3, 0.4) is 0 Å². The maximum absolute atomic E-state index is 12.8. The number of benzene rings is 2.